The SMILES string of the molecule is CC(C)[C@H](CC(=O)Nc1ccc(-c2ccccc2S(=O)(=O)NC(C)(C)C)cc1)Nc1cccc(C(=N)N)c1. The van der Waals surface area contributed by atoms with Gasteiger partial charge in [-0.15, -0.1) is 0 Å². The van der Waals surface area contributed by atoms with E-state index in [1.54, 1.807) is 81.4 Å². The van der Waals surface area contributed by atoms with Crippen molar-refractivity contribution in [2.45, 2.75) is 57.5 Å². The highest BCUT2D eigenvalue weighted by molar-refractivity contribution is 7.89. The lowest BCUT2D eigenvalue weighted by Gasteiger charge is -2.23. The van der Waals surface area contributed by atoms with Crippen LogP contribution in [0.3, 0.4) is 0 Å². The van der Waals surface area contributed by atoms with E-state index in [9.17, 15) is 13.2 Å². The van der Waals surface area contributed by atoms with Crippen LogP contribution >= 0.6 is 0 Å². The second-order valence-corrected chi connectivity index (χ2v) is 12.3. The Morgan fingerprint density at radius 1 is 0.947 bits per heavy atom. The molecule has 0 bridgehead atoms. The Labute approximate surface area is 225 Å². The van der Waals surface area contributed by atoms with Gasteiger partial charge < -0.3 is 16.4 Å². The lowest BCUT2D eigenvalue weighted by Crippen LogP contribution is -2.40. The Bertz CT molecular complexity index is 1390. The summed E-state index contributed by atoms with van der Waals surface area (Å²) in [6, 6.07) is 21.1. The molecule has 0 aliphatic heterocycles. The maximum Gasteiger partial charge on any atom is 0.241 e. The van der Waals surface area contributed by atoms with Crippen molar-refractivity contribution in [2.24, 2.45) is 11.7 Å². The van der Waals surface area contributed by atoms with Gasteiger partial charge in [-0.3, -0.25) is 10.2 Å². The number of amidine groups is 1. The van der Waals surface area contributed by atoms with E-state index in [0.717, 1.165) is 11.3 Å². The normalized spacial score (nSPS) is 12.7. The molecule has 0 saturated heterocycles. The van der Waals surface area contributed by atoms with Crippen LogP contribution in [0.2, 0.25) is 0 Å². The molecule has 0 radical (unpaired) electrons. The van der Waals surface area contributed by atoms with Crippen molar-refractivity contribution < 1.29 is 13.2 Å². The zero-order valence-electron chi connectivity index (χ0n) is 22.5. The first-order valence-electron chi connectivity index (χ1n) is 12.5. The summed E-state index contributed by atoms with van der Waals surface area (Å²) in [6.45, 7) is 9.47. The van der Waals surface area contributed by atoms with Crippen molar-refractivity contribution in [2.75, 3.05) is 10.6 Å². The molecular formula is C29H37N5O3S. The number of nitrogen functional groups attached to an aromatic ring is 1. The molecule has 0 aromatic heterocycles. The number of sulfonamides is 1. The van der Waals surface area contributed by atoms with E-state index in [0.29, 0.717) is 16.8 Å². The number of rotatable bonds is 10. The van der Waals surface area contributed by atoms with Gasteiger partial charge in [-0.1, -0.05) is 56.3 Å². The Hall–Kier alpha value is -3.69. The summed E-state index contributed by atoms with van der Waals surface area (Å²) in [5, 5.41) is 14.0. The average molecular weight is 536 g/mol. The molecule has 3 aromatic carbocycles. The van der Waals surface area contributed by atoms with E-state index < -0.39 is 15.6 Å². The number of nitrogens with two attached hydrogens (primary N) is 1. The van der Waals surface area contributed by atoms with Crippen LogP contribution in [0.15, 0.2) is 77.7 Å². The summed E-state index contributed by atoms with van der Waals surface area (Å²) < 4.78 is 28.7. The Kier molecular flexibility index (Phi) is 8.96. The first kappa shape index (κ1) is 28.9. The van der Waals surface area contributed by atoms with Gasteiger partial charge in [-0.25, -0.2) is 13.1 Å². The summed E-state index contributed by atoms with van der Waals surface area (Å²) in [7, 11) is -3.73. The second-order valence-electron chi connectivity index (χ2n) is 10.7. The van der Waals surface area contributed by atoms with Crippen molar-refractivity contribution in [3.63, 3.8) is 0 Å². The van der Waals surface area contributed by atoms with Crippen molar-refractivity contribution >= 4 is 33.1 Å². The van der Waals surface area contributed by atoms with Gasteiger partial charge in [0.05, 0.1) is 4.90 Å². The van der Waals surface area contributed by atoms with Crippen LogP contribution in [-0.4, -0.2) is 31.7 Å². The third kappa shape index (κ3) is 7.90. The quantitative estimate of drug-likeness (QED) is 0.180. The number of hydrogen-bond acceptors (Lipinski definition) is 5. The van der Waals surface area contributed by atoms with Crippen LogP contribution in [0.4, 0.5) is 11.4 Å². The standard InChI is InChI=1S/C29H37N5O3S/c1-19(2)25(32-23-10-8-9-21(17-23)28(30)31)18-27(35)33-22-15-13-20(14-16-22)24-11-6-7-12-26(24)38(36,37)34-29(3,4)5/h6-17,19,25,32,34H,18H2,1-5H3,(H3,30,31)(H,33,35)/t25-/m0/s1. The van der Waals surface area contributed by atoms with E-state index in [1.165, 1.54) is 0 Å². The van der Waals surface area contributed by atoms with Crippen molar-refractivity contribution in [3.8, 4) is 11.1 Å². The number of hydrogen-bond donors (Lipinski definition) is 5. The molecule has 1 atom stereocenters. The summed E-state index contributed by atoms with van der Waals surface area (Å²) in [5.74, 6) is 0.00919. The van der Waals surface area contributed by atoms with Gasteiger partial charge in [-0.2, -0.15) is 0 Å². The van der Waals surface area contributed by atoms with Gasteiger partial charge in [0.25, 0.3) is 0 Å². The third-order valence-corrected chi connectivity index (χ3v) is 7.65. The molecule has 0 fully saturated rings. The van der Waals surface area contributed by atoms with Gasteiger partial charge >= 0.3 is 0 Å². The van der Waals surface area contributed by atoms with Crippen LogP contribution in [0.1, 0.15) is 46.6 Å². The van der Waals surface area contributed by atoms with E-state index in [4.69, 9.17) is 11.1 Å². The van der Waals surface area contributed by atoms with Crippen LogP contribution in [0.25, 0.3) is 11.1 Å². The zero-order chi connectivity index (χ0) is 28.1. The maximum absolute atomic E-state index is 13.0. The summed E-state index contributed by atoms with van der Waals surface area (Å²) in [5.41, 5.74) is 8.33. The van der Waals surface area contributed by atoms with Crippen LogP contribution in [0, 0.1) is 11.3 Å². The van der Waals surface area contributed by atoms with E-state index in [-0.39, 0.29) is 35.0 Å². The van der Waals surface area contributed by atoms with E-state index in [2.05, 4.69) is 15.4 Å². The molecule has 3 rings (SSSR count). The summed E-state index contributed by atoms with van der Waals surface area (Å²) >= 11 is 0. The minimum Gasteiger partial charge on any atom is -0.384 e. The van der Waals surface area contributed by atoms with Gasteiger partial charge in [0.15, 0.2) is 0 Å². The maximum atomic E-state index is 13.0. The van der Waals surface area contributed by atoms with Crippen molar-refractivity contribution in [3.05, 3.63) is 78.4 Å². The molecule has 3 aromatic rings. The molecule has 9 heteroatoms. The highest BCUT2D eigenvalue weighted by Crippen LogP contribution is 2.29. The molecule has 0 unspecified atom stereocenters. The van der Waals surface area contributed by atoms with Crippen LogP contribution in [-0.2, 0) is 14.8 Å². The number of carbonyl (C=O) groups excluding carboxylic acids is 1. The van der Waals surface area contributed by atoms with E-state index in [1.807, 2.05) is 26.0 Å². The van der Waals surface area contributed by atoms with Gasteiger partial charge in [0.1, 0.15) is 5.84 Å². The Morgan fingerprint density at radius 2 is 1.61 bits per heavy atom. The fraction of sp³-hybridized carbons (Fsp3) is 0.310. The van der Waals surface area contributed by atoms with Crippen LogP contribution in [0.5, 0.6) is 0 Å². The highest BCUT2D eigenvalue weighted by atomic mass is 32.2. The molecule has 202 valence electrons. The number of benzene rings is 3. The van der Waals surface area contributed by atoms with Gasteiger partial charge in [-0.05, 0) is 62.6 Å². The lowest BCUT2D eigenvalue weighted by atomic mass is 9.99. The predicted molar refractivity (Wildman–Crippen MR) is 155 cm³/mol. The summed E-state index contributed by atoms with van der Waals surface area (Å²) in [4.78, 5) is 13.1. The molecule has 6 N–H and O–H groups in total. The fourth-order valence-corrected chi connectivity index (χ4v) is 5.64. The van der Waals surface area contributed by atoms with Gasteiger partial charge in [0, 0.05) is 40.5 Å². The number of carbonyl (C=O) groups is 1. The number of nitrogens with one attached hydrogen (secondary N) is 4. The van der Waals surface area contributed by atoms with Crippen molar-refractivity contribution in [1.82, 2.24) is 4.72 Å². The predicted octanol–water partition coefficient (Wildman–Crippen LogP) is 5.18. The van der Waals surface area contributed by atoms with Crippen molar-refractivity contribution in [1.29, 1.82) is 5.41 Å². The highest BCUT2D eigenvalue weighted by Gasteiger charge is 2.25. The molecule has 0 aliphatic rings. The smallest absolute Gasteiger partial charge is 0.241 e. The first-order valence-corrected chi connectivity index (χ1v) is 14.0. The molecule has 0 heterocycles. The monoisotopic (exact) mass is 535 g/mol. The lowest BCUT2D eigenvalue weighted by molar-refractivity contribution is -0.116. The molecule has 8 nitrogen and oxygen atoms in total. The second kappa shape index (κ2) is 11.8. The molecule has 0 aliphatic carbocycles. The molecule has 1 amide bonds. The number of anilines is 2. The minimum atomic E-state index is -3.73. The fourth-order valence-electron chi connectivity index (χ4n) is 3.99. The minimum absolute atomic E-state index is 0.0124. The Balaban J connectivity index is 1.72. The summed E-state index contributed by atoms with van der Waals surface area (Å²) in [6.07, 6.45) is 0.239. The average Bonchev–Trinajstić information content (AvgIpc) is 2.83. The molecule has 38 heavy (non-hydrogen) atoms. The number of amides is 1. The molecule has 0 saturated carbocycles. The first-order chi connectivity index (χ1) is 17.7. The Morgan fingerprint density at radius 3 is 2.21 bits per heavy atom. The van der Waals surface area contributed by atoms with E-state index >= 15 is 0 Å². The zero-order valence-corrected chi connectivity index (χ0v) is 23.3. The topological polar surface area (TPSA) is 137 Å². The largest absolute Gasteiger partial charge is 0.384 e. The molecular weight excluding hydrogens is 498 g/mol. The van der Waals surface area contributed by atoms with Gasteiger partial charge in [0.2, 0.25) is 15.9 Å². The molecule has 0 spiro atoms. The van der Waals surface area contributed by atoms with Crippen LogP contribution < -0.4 is 21.1 Å². The third-order valence-electron chi connectivity index (χ3n) is 5.83.